The van der Waals surface area contributed by atoms with E-state index < -0.39 is 11.7 Å². The van der Waals surface area contributed by atoms with Crippen LogP contribution in [0.2, 0.25) is 0 Å². The van der Waals surface area contributed by atoms with Crippen LogP contribution in [0, 0.1) is 6.92 Å². The normalized spacial score (nSPS) is 11.4. The van der Waals surface area contributed by atoms with E-state index in [2.05, 4.69) is 15.3 Å². The molecule has 20 heavy (non-hydrogen) atoms. The molecule has 1 amide bonds. The third kappa shape index (κ3) is 3.67. The van der Waals surface area contributed by atoms with E-state index in [1.54, 1.807) is 0 Å². The van der Waals surface area contributed by atoms with Crippen LogP contribution in [0.1, 0.15) is 26.5 Å². The Labute approximate surface area is 125 Å². The van der Waals surface area contributed by atoms with Crippen molar-refractivity contribution in [3.05, 3.63) is 11.1 Å². The van der Waals surface area contributed by atoms with E-state index in [0.29, 0.717) is 10.3 Å². The highest BCUT2D eigenvalue weighted by Crippen LogP contribution is 2.33. The summed E-state index contributed by atoms with van der Waals surface area (Å²) in [6, 6.07) is 0. The zero-order valence-corrected chi connectivity index (χ0v) is 13.3. The van der Waals surface area contributed by atoms with Crippen LogP contribution >= 0.6 is 22.7 Å². The molecule has 2 rings (SSSR count). The van der Waals surface area contributed by atoms with E-state index in [1.807, 2.05) is 33.1 Å². The molecule has 0 fully saturated rings. The molecule has 0 radical (unpaired) electrons. The van der Waals surface area contributed by atoms with E-state index in [9.17, 15) is 4.79 Å². The maximum atomic E-state index is 11.7. The number of hydrogen-bond acceptors (Lipinski definition) is 7. The third-order valence-corrected chi connectivity index (χ3v) is 3.93. The van der Waals surface area contributed by atoms with Gasteiger partial charge in [0.25, 0.3) is 0 Å². The Morgan fingerprint density at radius 3 is 2.65 bits per heavy atom. The quantitative estimate of drug-likeness (QED) is 0.885. The molecule has 8 heteroatoms. The summed E-state index contributed by atoms with van der Waals surface area (Å²) in [6.07, 6.45) is -0.518. The van der Waals surface area contributed by atoms with Crippen molar-refractivity contribution in [2.24, 2.45) is 0 Å². The van der Waals surface area contributed by atoms with Crippen LogP contribution < -0.4 is 11.1 Å². The average Bonchev–Trinajstić information content (AvgIpc) is 2.82. The van der Waals surface area contributed by atoms with Gasteiger partial charge < -0.3 is 10.5 Å². The average molecular weight is 312 g/mol. The van der Waals surface area contributed by atoms with Crippen LogP contribution in [0.5, 0.6) is 0 Å². The highest BCUT2D eigenvalue weighted by molar-refractivity contribution is 7.19. The number of nitrogens with one attached hydrogen (secondary N) is 1. The maximum Gasteiger partial charge on any atom is 0.413 e. The molecule has 2 aromatic heterocycles. The lowest BCUT2D eigenvalue weighted by molar-refractivity contribution is 0.0636. The molecule has 6 nitrogen and oxygen atoms in total. The number of hydrogen-bond donors (Lipinski definition) is 2. The number of nitrogen functional groups attached to an aromatic ring is 1. The molecule has 0 saturated heterocycles. The van der Waals surface area contributed by atoms with Gasteiger partial charge in [-0.2, -0.15) is 0 Å². The van der Waals surface area contributed by atoms with Crippen LogP contribution in [-0.2, 0) is 4.74 Å². The maximum absolute atomic E-state index is 11.7. The fraction of sp³-hybridized carbons (Fsp3) is 0.417. The van der Waals surface area contributed by atoms with Gasteiger partial charge in [0.05, 0.1) is 16.3 Å². The second-order valence-corrected chi connectivity index (χ2v) is 7.02. The highest BCUT2D eigenvalue weighted by Gasteiger charge is 2.19. The van der Waals surface area contributed by atoms with Gasteiger partial charge in [-0.1, -0.05) is 11.3 Å². The van der Waals surface area contributed by atoms with Gasteiger partial charge in [0.2, 0.25) is 0 Å². The highest BCUT2D eigenvalue weighted by atomic mass is 32.1. The fourth-order valence-electron chi connectivity index (χ4n) is 1.47. The Morgan fingerprint density at radius 2 is 2.10 bits per heavy atom. The molecule has 3 N–H and O–H groups in total. The predicted octanol–water partition coefficient (Wildman–Crippen LogP) is 3.50. The number of nitrogens with zero attached hydrogens (tertiary/aromatic N) is 2. The molecule has 0 bridgehead atoms. The number of nitrogens with two attached hydrogens (primary N) is 1. The zero-order chi connectivity index (χ0) is 14.9. The van der Waals surface area contributed by atoms with Gasteiger partial charge >= 0.3 is 6.09 Å². The first-order valence-corrected chi connectivity index (χ1v) is 7.63. The zero-order valence-electron chi connectivity index (χ0n) is 11.7. The molecule has 0 aliphatic carbocycles. The summed E-state index contributed by atoms with van der Waals surface area (Å²) in [5.41, 5.74) is 6.66. The topological polar surface area (TPSA) is 90.1 Å². The van der Waals surface area contributed by atoms with Crippen LogP contribution in [0.15, 0.2) is 5.38 Å². The number of rotatable bonds is 2. The molecule has 0 saturated carbocycles. The smallest absolute Gasteiger partial charge is 0.413 e. The number of thiazole rings is 2. The number of aromatic nitrogens is 2. The number of ether oxygens (including phenoxy) is 1. The lowest BCUT2D eigenvalue weighted by Gasteiger charge is -2.18. The van der Waals surface area contributed by atoms with E-state index in [-0.39, 0.29) is 0 Å². The summed E-state index contributed by atoms with van der Waals surface area (Å²) in [6.45, 7) is 7.29. The SMILES string of the molecule is Cc1nc(NC(=O)OC(C)(C)C)sc1-c1csc(N)n1. The van der Waals surface area contributed by atoms with Crippen molar-refractivity contribution in [2.75, 3.05) is 11.1 Å². The molecule has 2 aromatic rings. The van der Waals surface area contributed by atoms with Crippen molar-refractivity contribution >= 4 is 39.0 Å². The van der Waals surface area contributed by atoms with Gasteiger partial charge in [-0.15, -0.1) is 11.3 Å². The van der Waals surface area contributed by atoms with Crippen LogP contribution in [0.3, 0.4) is 0 Å². The monoisotopic (exact) mass is 312 g/mol. The van der Waals surface area contributed by atoms with Crippen molar-refractivity contribution in [1.82, 2.24) is 9.97 Å². The van der Waals surface area contributed by atoms with Crippen LogP contribution in [-0.4, -0.2) is 21.7 Å². The third-order valence-electron chi connectivity index (χ3n) is 2.16. The Morgan fingerprint density at radius 1 is 1.40 bits per heavy atom. The number of carbonyl (C=O) groups is 1. The fourth-order valence-corrected chi connectivity index (χ4v) is 3.01. The van der Waals surface area contributed by atoms with Crippen molar-refractivity contribution in [3.8, 4) is 10.6 Å². The Bertz CT molecular complexity index is 628. The first-order valence-electron chi connectivity index (χ1n) is 5.93. The number of anilines is 2. The lowest BCUT2D eigenvalue weighted by atomic mass is 10.2. The van der Waals surface area contributed by atoms with Gasteiger partial charge in [0.1, 0.15) is 5.60 Å². The molecule has 0 aliphatic rings. The molecular weight excluding hydrogens is 296 g/mol. The summed E-state index contributed by atoms with van der Waals surface area (Å²) in [4.78, 5) is 21.1. The Kier molecular flexibility index (Phi) is 3.96. The first-order chi connectivity index (χ1) is 9.24. The molecule has 0 atom stereocenters. The summed E-state index contributed by atoms with van der Waals surface area (Å²) in [5.74, 6) is 0. The van der Waals surface area contributed by atoms with Gasteiger partial charge in [-0.05, 0) is 27.7 Å². The minimum atomic E-state index is -0.539. The van der Waals surface area contributed by atoms with Gasteiger partial charge in [0, 0.05) is 5.38 Å². The van der Waals surface area contributed by atoms with Gasteiger partial charge in [-0.3, -0.25) is 5.32 Å². The Hall–Kier alpha value is -1.67. The van der Waals surface area contributed by atoms with E-state index in [1.165, 1.54) is 22.7 Å². The van der Waals surface area contributed by atoms with Gasteiger partial charge in [-0.25, -0.2) is 14.8 Å². The molecule has 108 valence electrons. The van der Waals surface area contributed by atoms with Crippen molar-refractivity contribution in [1.29, 1.82) is 0 Å². The van der Waals surface area contributed by atoms with Crippen molar-refractivity contribution in [2.45, 2.75) is 33.3 Å². The molecular formula is C12H16N4O2S2. The number of amides is 1. The largest absolute Gasteiger partial charge is 0.444 e. The second kappa shape index (κ2) is 5.37. The van der Waals surface area contributed by atoms with Crippen molar-refractivity contribution < 1.29 is 9.53 Å². The summed E-state index contributed by atoms with van der Waals surface area (Å²) >= 11 is 2.72. The number of aryl methyl sites for hydroxylation is 1. The number of carbonyl (C=O) groups excluding carboxylic acids is 1. The van der Waals surface area contributed by atoms with Crippen LogP contribution in [0.25, 0.3) is 10.6 Å². The summed E-state index contributed by atoms with van der Waals surface area (Å²) in [7, 11) is 0. The second-order valence-electron chi connectivity index (χ2n) is 5.13. The lowest BCUT2D eigenvalue weighted by Crippen LogP contribution is -2.27. The predicted molar refractivity (Wildman–Crippen MR) is 82.2 cm³/mol. The van der Waals surface area contributed by atoms with E-state index >= 15 is 0 Å². The molecule has 0 unspecified atom stereocenters. The van der Waals surface area contributed by atoms with Crippen LogP contribution in [0.4, 0.5) is 15.1 Å². The molecule has 2 heterocycles. The molecule has 0 aromatic carbocycles. The van der Waals surface area contributed by atoms with E-state index in [0.717, 1.165) is 16.3 Å². The molecule has 0 aliphatic heterocycles. The minimum absolute atomic E-state index is 0.485. The minimum Gasteiger partial charge on any atom is -0.444 e. The van der Waals surface area contributed by atoms with Gasteiger partial charge in [0.15, 0.2) is 10.3 Å². The summed E-state index contributed by atoms with van der Waals surface area (Å²) in [5, 5.41) is 5.49. The first kappa shape index (κ1) is 14.7. The standard InChI is InChI=1S/C12H16N4O2S2/c1-6-8(7-5-19-9(13)15-7)20-10(14-6)16-11(17)18-12(2,3)4/h5H,1-4H3,(H2,13,15)(H,14,16,17). The Balaban J connectivity index is 2.14. The summed E-state index contributed by atoms with van der Waals surface area (Å²) < 4.78 is 5.18. The molecule has 0 spiro atoms. The van der Waals surface area contributed by atoms with E-state index in [4.69, 9.17) is 10.5 Å². The van der Waals surface area contributed by atoms with Crippen molar-refractivity contribution in [3.63, 3.8) is 0 Å².